The van der Waals surface area contributed by atoms with Gasteiger partial charge < -0.3 is 20.1 Å². The first-order valence-corrected chi connectivity index (χ1v) is 6.48. The Hall–Kier alpha value is -1.30. The van der Waals surface area contributed by atoms with Crippen LogP contribution in [-0.4, -0.2) is 54.4 Å². The molecule has 104 valence electrons. The Labute approximate surface area is 107 Å². The maximum Gasteiger partial charge on any atom is 0.317 e. The average molecular weight is 258 g/mol. The molecule has 0 bridgehead atoms. The van der Waals surface area contributed by atoms with Crippen LogP contribution in [0.2, 0.25) is 0 Å². The molecule has 1 aliphatic heterocycles. The van der Waals surface area contributed by atoms with Gasteiger partial charge in [-0.3, -0.25) is 4.79 Å². The van der Waals surface area contributed by atoms with Crippen molar-refractivity contribution in [3.05, 3.63) is 0 Å². The predicted octanol–water partition coefficient (Wildman–Crippen LogP) is 1.06. The number of aliphatic carboxylic acids is 1. The molecule has 0 spiro atoms. The molecule has 6 heteroatoms. The molecule has 0 aromatic carbocycles. The van der Waals surface area contributed by atoms with Gasteiger partial charge in [-0.2, -0.15) is 0 Å². The molecule has 0 saturated carbocycles. The van der Waals surface area contributed by atoms with Crippen molar-refractivity contribution in [3.8, 4) is 0 Å². The molecule has 2 amide bonds. The number of nitrogens with zero attached hydrogens (tertiary/aromatic N) is 1. The summed E-state index contributed by atoms with van der Waals surface area (Å²) < 4.78 is 5.28. The monoisotopic (exact) mass is 258 g/mol. The van der Waals surface area contributed by atoms with Crippen LogP contribution in [0.3, 0.4) is 0 Å². The number of ether oxygens (including phenoxy) is 1. The number of carboxylic acids is 1. The number of amides is 2. The van der Waals surface area contributed by atoms with Gasteiger partial charge >= 0.3 is 12.0 Å². The highest BCUT2D eigenvalue weighted by Gasteiger charge is 2.20. The molecule has 1 rings (SSSR count). The van der Waals surface area contributed by atoms with E-state index in [1.165, 1.54) is 0 Å². The van der Waals surface area contributed by atoms with E-state index in [2.05, 4.69) is 5.32 Å². The molecule has 1 aliphatic rings. The largest absolute Gasteiger partial charge is 0.481 e. The van der Waals surface area contributed by atoms with Crippen LogP contribution in [0, 0.1) is 0 Å². The van der Waals surface area contributed by atoms with Crippen molar-refractivity contribution < 1.29 is 19.4 Å². The Bertz CT molecular complexity index is 275. The van der Waals surface area contributed by atoms with E-state index < -0.39 is 5.97 Å². The Kier molecular flexibility index (Phi) is 6.49. The number of nitrogens with one attached hydrogen (secondary N) is 1. The maximum atomic E-state index is 12.0. The highest BCUT2D eigenvalue weighted by Crippen LogP contribution is 2.05. The average Bonchev–Trinajstić information content (AvgIpc) is 2.56. The molecule has 1 atom stereocenters. The molecular weight excluding hydrogens is 236 g/mol. The van der Waals surface area contributed by atoms with E-state index >= 15 is 0 Å². The molecular formula is C12H22N2O4. The van der Waals surface area contributed by atoms with E-state index in [0.717, 1.165) is 12.8 Å². The van der Waals surface area contributed by atoms with Crippen LogP contribution in [0.1, 0.15) is 32.6 Å². The number of hydrogen-bond donors (Lipinski definition) is 2. The number of carbonyl (C=O) groups excluding carboxylic acids is 1. The van der Waals surface area contributed by atoms with E-state index in [1.54, 1.807) is 4.90 Å². The van der Waals surface area contributed by atoms with Crippen molar-refractivity contribution in [1.29, 1.82) is 0 Å². The molecule has 1 unspecified atom stereocenters. The maximum absolute atomic E-state index is 12.0. The van der Waals surface area contributed by atoms with E-state index in [1.807, 2.05) is 6.92 Å². The van der Waals surface area contributed by atoms with Gasteiger partial charge in [-0.25, -0.2) is 4.79 Å². The highest BCUT2D eigenvalue weighted by atomic mass is 16.5. The zero-order chi connectivity index (χ0) is 13.4. The number of urea groups is 1. The van der Waals surface area contributed by atoms with Crippen molar-refractivity contribution in [2.24, 2.45) is 0 Å². The lowest BCUT2D eigenvalue weighted by Crippen LogP contribution is -2.46. The summed E-state index contributed by atoms with van der Waals surface area (Å²) in [6.07, 6.45) is 2.33. The van der Waals surface area contributed by atoms with Crippen molar-refractivity contribution in [3.63, 3.8) is 0 Å². The van der Waals surface area contributed by atoms with E-state index in [0.29, 0.717) is 32.7 Å². The summed E-state index contributed by atoms with van der Waals surface area (Å²) in [7, 11) is 0. The van der Waals surface area contributed by atoms with Gasteiger partial charge in [0.25, 0.3) is 0 Å². The molecule has 0 aromatic rings. The summed E-state index contributed by atoms with van der Waals surface area (Å²) >= 11 is 0. The molecule has 1 saturated heterocycles. The Balaban J connectivity index is 2.45. The SMILES string of the molecule is CCCC(CC(=O)O)NC(=O)N1CCCOCC1. The molecule has 6 nitrogen and oxygen atoms in total. The van der Waals surface area contributed by atoms with E-state index in [9.17, 15) is 9.59 Å². The van der Waals surface area contributed by atoms with Gasteiger partial charge in [0.05, 0.1) is 13.0 Å². The Morgan fingerprint density at radius 1 is 1.39 bits per heavy atom. The van der Waals surface area contributed by atoms with E-state index in [4.69, 9.17) is 9.84 Å². The third-order valence-corrected chi connectivity index (χ3v) is 2.90. The van der Waals surface area contributed by atoms with Gasteiger partial charge in [0.15, 0.2) is 0 Å². The third-order valence-electron chi connectivity index (χ3n) is 2.90. The minimum Gasteiger partial charge on any atom is -0.481 e. The first-order valence-electron chi connectivity index (χ1n) is 6.48. The second kappa shape index (κ2) is 7.92. The molecule has 0 aliphatic carbocycles. The number of rotatable bonds is 5. The lowest BCUT2D eigenvalue weighted by Gasteiger charge is -2.24. The Morgan fingerprint density at radius 2 is 2.17 bits per heavy atom. The van der Waals surface area contributed by atoms with Crippen LogP contribution < -0.4 is 5.32 Å². The molecule has 1 heterocycles. The first-order chi connectivity index (χ1) is 8.63. The Morgan fingerprint density at radius 3 is 2.83 bits per heavy atom. The van der Waals surface area contributed by atoms with Crippen LogP contribution in [0.4, 0.5) is 4.79 Å². The van der Waals surface area contributed by atoms with Crippen molar-refractivity contribution >= 4 is 12.0 Å². The number of hydrogen-bond acceptors (Lipinski definition) is 3. The fraction of sp³-hybridized carbons (Fsp3) is 0.833. The van der Waals surface area contributed by atoms with Crippen LogP contribution in [0.5, 0.6) is 0 Å². The van der Waals surface area contributed by atoms with E-state index in [-0.39, 0.29) is 18.5 Å². The van der Waals surface area contributed by atoms with Gasteiger partial charge in [-0.15, -0.1) is 0 Å². The zero-order valence-corrected chi connectivity index (χ0v) is 10.9. The summed E-state index contributed by atoms with van der Waals surface area (Å²) in [4.78, 5) is 24.4. The van der Waals surface area contributed by atoms with Crippen LogP contribution in [-0.2, 0) is 9.53 Å². The summed E-state index contributed by atoms with van der Waals surface area (Å²) in [5.41, 5.74) is 0. The lowest BCUT2D eigenvalue weighted by atomic mass is 10.1. The highest BCUT2D eigenvalue weighted by molar-refractivity contribution is 5.76. The third kappa shape index (κ3) is 5.35. The minimum atomic E-state index is -0.882. The zero-order valence-electron chi connectivity index (χ0n) is 10.9. The number of carbonyl (C=O) groups is 2. The summed E-state index contributed by atoms with van der Waals surface area (Å²) in [6.45, 7) is 4.43. The minimum absolute atomic E-state index is 0.0239. The normalized spacial score (nSPS) is 17.9. The van der Waals surface area contributed by atoms with Crippen LogP contribution >= 0.6 is 0 Å². The quantitative estimate of drug-likeness (QED) is 0.773. The van der Waals surface area contributed by atoms with Crippen molar-refractivity contribution in [2.45, 2.75) is 38.6 Å². The fourth-order valence-corrected chi connectivity index (χ4v) is 2.00. The fourth-order valence-electron chi connectivity index (χ4n) is 2.00. The summed E-state index contributed by atoms with van der Waals surface area (Å²) in [5, 5.41) is 11.6. The van der Waals surface area contributed by atoms with Crippen LogP contribution in [0.25, 0.3) is 0 Å². The van der Waals surface area contributed by atoms with Crippen molar-refractivity contribution in [2.75, 3.05) is 26.3 Å². The van der Waals surface area contributed by atoms with Gasteiger partial charge in [-0.05, 0) is 12.8 Å². The summed E-state index contributed by atoms with van der Waals surface area (Å²) in [5.74, 6) is -0.882. The van der Waals surface area contributed by atoms with Crippen molar-refractivity contribution in [1.82, 2.24) is 10.2 Å². The van der Waals surface area contributed by atoms with Gasteiger partial charge in [0, 0.05) is 25.7 Å². The van der Waals surface area contributed by atoms with Gasteiger partial charge in [0.1, 0.15) is 0 Å². The standard InChI is InChI=1S/C12H22N2O4/c1-2-4-10(9-11(15)16)13-12(17)14-5-3-7-18-8-6-14/h10H,2-9H2,1H3,(H,13,17)(H,15,16). The lowest BCUT2D eigenvalue weighted by molar-refractivity contribution is -0.137. The second-order valence-corrected chi connectivity index (χ2v) is 4.49. The van der Waals surface area contributed by atoms with Crippen LogP contribution in [0.15, 0.2) is 0 Å². The molecule has 0 aromatic heterocycles. The topological polar surface area (TPSA) is 78.9 Å². The molecule has 18 heavy (non-hydrogen) atoms. The second-order valence-electron chi connectivity index (χ2n) is 4.49. The summed E-state index contributed by atoms with van der Waals surface area (Å²) in [6, 6.07) is -0.468. The van der Waals surface area contributed by atoms with Gasteiger partial charge in [0.2, 0.25) is 0 Å². The predicted molar refractivity (Wildman–Crippen MR) is 66.5 cm³/mol. The van der Waals surface area contributed by atoms with Gasteiger partial charge in [-0.1, -0.05) is 13.3 Å². The number of carboxylic acid groups (broad SMARTS) is 1. The smallest absolute Gasteiger partial charge is 0.317 e. The first kappa shape index (κ1) is 14.8. The molecule has 1 fully saturated rings. The molecule has 2 N–H and O–H groups in total. The molecule has 0 radical (unpaired) electrons.